The van der Waals surface area contributed by atoms with Gasteiger partial charge in [0.1, 0.15) is 0 Å². The molecule has 0 saturated carbocycles. The summed E-state index contributed by atoms with van der Waals surface area (Å²) in [6, 6.07) is 0. The molecule has 0 N–H and O–H groups in total. The van der Waals surface area contributed by atoms with Crippen LogP contribution in [0.2, 0.25) is 0 Å². The SMILES string of the molecule is CC(=O)N1CCc2c(sc(C)c2CCBr)C1. The summed E-state index contributed by atoms with van der Waals surface area (Å²) >= 11 is 5.37. The first-order valence-electron chi connectivity index (χ1n) is 5.55. The van der Waals surface area contributed by atoms with E-state index in [0.717, 1.165) is 31.3 Å². The lowest BCUT2D eigenvalue weighted by molar-refractivity contribution is -0.129. The first kappa shape index (κ1) is 12.1. The second-order valence-electron chi connectivity index (χ2n) is 4.17. The molecule has 1 aliphatic rings. The molecule has 4 heteroatoms. The second-order valence-corrected chi connectivity index (χ2v) is 6.27. The fourth-order valence-electron chi connectivity index (χ4n) is 2.30. The van der Waals surface area contributed by atoms with E-state index in [4.69, 9.17) is 0 Å². The molecular formula is C12H16BrNOS. The van der Waals surface area contributed by atoms with Crippen molar-refractivity contribution in [3.8, 4) is 0 Å². The van der Waals surface area contributed by atoms with Crippen LogP contribution in [0.5, 0.6) is 0 Å². The van der Waals surface area contributed by atoms with Crippen molar-refractivity contribution >= 4 is 33.2 Å². The van der Waals surface area contributed by atoms with Crippen LogP contribution in [0.1, 0.15) is 27.8 Å². The Kier molecular flexibility index (Phi) is 3.70. The maximum absolute atomic E-state index is 11.3. The average Bonchev–Trinajstić information content (AvgIpc) is 2.55. The molecule has 2 nitrogen and oxygen atoms in total. The molecule has 0 fully saturated rings. The van der Waals surface area contributed by atoms with Gasteiger partial charge in [0.15, 0.2) is 0 Å². The maximum atomic E-state index is 11.3. The molecule has 2 rings (SSSR count). The van der Waals surface area contributed by atoms with Crippen molar-refractivity contribution in [2.24, 2.45) is 0 Å². The summed E-state index contributed by atoms with van der Waals surface area (Å²) in [5.41, 5.74) is 3.03. The molecule has 1 aromatic rings. The van der Waals surface area contributed by atoms with Gasteiger partial charge in [-0.1, -0.05) is 15.9 Å². The predicted octanol–water partition coefficient (Wildman–Crippen LogP) is 2.90. The van der Waals surface area contributed by atoms with Gasteiger partial charge in [-0.15, -0.1) is 11.3 Å². The lowest BCUT2D eigenvalue weighted by Gasteiger charge is -2.26. The lowest BCUT2D eigenvalue weighted by Crippen LogP contribution is -2.33. The summed E-state index contributed by atoms with van der Waals surface area (Å²) in [7, 11) is 0. The quantitative estimate of drug-likeness (QED) is 0.769. The second kappa shape index (κ2) is 4.88. The number of amides is 1. The monoisotopic (exact) mass is 301 g/mol. The van der Waals surface area contributed by atoms with Crippen molar-refractivity contribution in [1.29, 1.82) is 0 Å². The largest absolute Gasteiger partial charge is 0.337 e. The first-order valence-corrected chi connectivity index (χ1v) is 7.48. The van der Waals surface area contributed by atoms with Crippen LogP contribution in [0.15, 0.2) is 0 Å². The van der Waals surface area contributed by atoms with Gasteiger partial charge >= 0.3 is 0 Å². The number of fused-ring (bicyclic) bond motifs is 1. The average molecular weight is 302 g/mol. The van der Waals surface area contributed by atoms with Crippen LogP contribution in [-0.2, 0) is 24.2 Å². The number of rotatable bonds is 2. The molecule has 0 saturated heterocycles. The van der Waals surface area contributed by atoms with Crippen molar-refractivity contribution < 1.29 is 4.79 Å². The number of alkyl halides is 1. The Bertz CT molecular complexity index is 413. The number of hydrogen-bond acceptors (Lipinski definition) is 2. The fraction of sp³-hybridized carbons (Fsp3) is 0.583. The molecule has 0 aromatic carbocycles. The number of carbonyl (C=O) groups excluding carboxylic acids is 1. The van der Waals surface area contributed by atoms with Gasteiger partial charge in [-0.3, -0.25) is 4.79 Å². The van der Waals surface area contributed by atoms with Gasteiger partial charge in [-0.25, -0.2) is 0 Å². The molecule has 0 radical (unpaired) electrons. The van der Waals surface area contributed by atoms with Crippen LogP contribution >= 0.6 is 27.3 Å². The van der Waals surface area contributed by atoms with E-state index in [1.165, 1.54) is 20.9 Å². The van der Waals surface area contributed by atoms with Crippen LogP contribution in [0.4, 0.5) is 0 Å². The van der Waals surface area contributed by atoms with Gasteiger partial charge in [0, 0.05) is 28.6 Å². The van der Waals surface area contributed by atoms with Crippen LogP contribution in [0.3, 0.4) is 0 Å². The number of thiophene rings is 1. The van der Waals surface area contributed by atoms with Gasteiger partial charge < -0.3 is 4.90 Å². The number of carbonyl (C=O) groups is 1. The molecule has 1 aromatic heterocycles. The predicted molar refractivity (Wildman–Crippen MR) is 71.3 cm³/mol. The van der Waals surface area contributed by atoms with Gasteiger partial charge in [0.25, 0.3) is 0 Å². The number of nitrogens with zero attached hydrogens (tertiary/aromatic N) is 1. The van der Waals surface area contributed by atoms with Crippen LogP contribution in [0, 0.1) is 6.92 Å². The summed E-state index contributed by atoms with van der Waals surface area (Å²) in [6.07, 6.45) is 2.14. The van der Waals surface area contributed by atoms with Crippen LogP contribution in [0.25, 0.3) is 0 Å². The Labute approximate surface area is 109 Å². The molecule has 1 amide bonds. The van der Waals surface area contributed by atoms with Crippen LogP contribution < -0.4 is 0 Å². The van der Waals surface area contributed by atoms with Crippen LogP contribution in [-0.4, -0.2) is 22.7 Å². The van der Waals surface area contributed by atoms with E-state index in [1.54, 1.807) is 6.92 Å². The van der Waals surface area contributed by atoms with Crippen molar-refractivity contribution in [2.75, 3.05) is 11.9 Å². The topological polar surface area (TPSA) is 20.3 Å². The molecule has 1 aliphatic heterocycles. The van der Waals surface area contributed by atoms with Gasteiger partial charge in [0.2, 0.25) is 5.91 Å². The molecule has 0 unspecified atom stereocenters. The summed E-state index contributed by atoms with van der Waals surface area (Å²) in [5.74, 6) is 0.193. The Morgan fingerprint density at radius 1 is 1.56 bits per heavy atom. The smallest absolute Gasteiger partial charge is 0.219 e. The van der Waals surface area contributed by atoms with E-state index in [0.29, 0.717) is 0 Å². The molecule has 16 heavy (non-hydrogen) atoms. The first-order chi connectivity index (χ1) is 7.63. The molecule has 0 bridgehead atoms. The summed E-state index contributed by atoms with van der Waals surface area (Å²) in [4.78, 5) is 16.1. The minimum absolute atomic E-state index is 0.193. The van der Waals surface area contributed by atoms with E-state index in [1.807, 2.05) is 16.2 Å². The Morgan fingerprint density at radius 3 is 2.94 bits per heavy atom. The Hall–Kier alpha value is -0.350. The highest BCUT2D eigenvalue weighted by Gasteiger charge is 2.23. The standard InChI is InChI=1S/C12H16BrNOS/c1-8-10(3-5-13)11-4-6-14(9(2)15)7-12(11)16-8/h3-7H2,1-2H3. The van der Waals surface area contributed by atoms with E-state index in [2.05, 4.69) is 22.9 Å². The van der Waals surface area contributed by atoms with Crippen molar-refractivity contribution in [3.63, 3.8) is 0 Å². The summed E-state index contributed by atoms with van der Waals surface area (Å²) in [6.45, 7) is 5.55. The third-order valence-corrected chi connectivity index (χ3v) is 4.73. The van der Waals surface area contributed by atoms with Gasteiger partial charge in [0.05, 0.1) is 6.54 Å². The highest BCUT2D eigenvalue weighted by Crippen LogP contribution is 2.33. The van der Waals surface area contributed by atoms with Crippen molar-refractivity contribution in [1.82, 2.24) is 4.90 Å². The molecular weight excluding hydrogens is 286 g/mol. The molecule has 2 heterocycles. The third kappa shape index (κ3) is 2.18. The Morgan fingerprint density at radius 2 is 2.31 bits per heavy atom. The van der Waals surface area contributed by atoms with Gasteiger partial charge in [-0.2, -0.15) is 0 Å². The van der Waals surface area contributed by atoms with Crippen molar-refractivity contribution in [2.45, 2.75) is 33.2 Å². The van der Waals surface area contributed by atoms with E-state index >= 15 is 0 Å². The number of halogens is 1. The molecule has 0 spiro atoms. The zero-order valence-electron chi connectivity index (χ0n) is 9.68. The molecule has 0 aliphatic carbocycles. The zero-order valence-corrected chi connectivity index (χ0v) is 12.1. The van der Waals surface area contributed by atoms with E-state index in [9.17, 15) is 4.79 Å². The minimum Gasteiger partial charge on any atom is -0.337 e. The summed E-state index contributed by atoms with van der Waals surface area (Å²) in [5, 5.41) is 1.02. The maximum Gasteiger partial charge on any atom is 0.219 e. The van der Waals surface area contributed by atoms with E-state index in [-0.39, 0.29) is 5.91 Å². The highest BCUT2D eigenvalue weighted by molar-refractivity contribution is 9.09. The third-order valence-electron chi connectivity index (χ3n) is 3.16. The molecule has 88 valence electrons. The molecule has 0 atom stereocenters. The Balaban J connectivity index is 2.28. The zero-order chi connectivity index (χ0) is 11.7. The minimum atomic E-state index is 0.193. The van der Waals surface area contributed by atoms with E-state index < -0.39 is 0 Å². The van der Waals surface area contributed by atoms with Crippen molar-refractivity contribution in [3.05, 3.63) is 20.9 Å². The highest BCUT2D eigenvalue weighted by atomic mass is 79.9. The summed E-state index contributed by atoms with van der Waals surface area (Å²) < 4.78 is 0. The lowest BCUT2D eigenvalue weighted by atomic mass is 10.0. The van der Waals surface area contributed by atoms with Gasteiger partial charge in [-0.05, 0) is 30.9 Å². The normalized spacial score (nSPS) is 15.1. The number of hydrogen-bond donors (Lipinski definition) is 0. The fourth-order valence-corrected chi connectivity index (χ4v) is 3.98. The number of aryl methyl sites for hydroxylation is 1.